The maximum atomic E-state index is 11.3. The van der Waals surface area contributed by atoms with E-state index >= 15 is 0 Å². The SMILES string of the molecule is C[Si](C)(C)OP(=O)([O-])O[Si](C)(C)C.C[Si](C)(C)OP(=O)([O-])O[Si](C)(C)C.[Li+].[Li+]. The van der Waals surface area contributed by atoms with Gasteiger partial charge in [-0.05, 0) is 78.6 Å². The van der Waals surface area contributed by atoms with Crippen molar-refractivity contribution in [3.05, 3.63) is 0 Å². The molecule has 0 bridgehead atoms. The van der Waals surface area contributed by atoms with Crippen molar-refractivity contribution >= 4 is 48.9 Å². The van der Waals surface area contributed by atoms with E-state index in [9.17, 15) is 18.9 Å². The molecule has 0 spiro atoms. The Balaban J connectivity index is -0.000000192. The first-order valence-corrected chi connectivity index (χ1v) is 24.8. The van der Waals surface area contributed by atoms with Crippen LogP contribution in [-0.2, 0) is 26.0 Å². The van der Waals surface area contributed by atoms with Crippen molar-refractivity contribution in [2.45, 2.75) is 78.6 Å². The minimum Gasteiger partial charge on any atom is -0.757 e. The minimum absolute atomic E-state index is 0. The van der Waals surface area contributed by atoms with E-state index in [1.54, 1.807) is 0 Å². The first-order chi connectivity index (χ1) is 10.8. The normalized spacial score (nSPS) is 13.6. The second-order valence-corrected chi connectivity index (χ2v) is 31.3. The van der Waals surface area contributed by atoms with Gasteiger partial charge in [0.25, 0.3) is 0 Å². The van der Waals surface area contributed by atoms with E-state index in [4.69, 9.17) is 16.9 Å². The predicted molar refractivity (Wildman–Crippen MR) is 113 cm³/mol. The molecule has 0 aliphatic heterocycles. The zero-order valence-corrected chi connectivity index (χ0v) is 25.9. The third kappa shape index (κ3) is 30.5. The second kappa shape index (κ2) is 13.1. The zero-order valence-electron chi connectivity index (χ0n) is 20.2. The third-order valence-corrected chi connectivity index (χ3v) is 13.9. The van der Waals surface area contributed by atoms with Crippen molar-refractivity contribution in [3.63, 3.8) is 0 Å². The van der Waals surface area contributed by atoms with Gasteiger partial charge in [0, 0.05) is 0 Å². The fraction of sp³-hybridized carbons (Fsp3) is 1.00. The molecule has 0 aromatic carbocycles. The van der Waals surface area contributed by atoms with Crippen molar-refractivity contribution in [3.8, 4) is 0 Å². The van der Waals surface area contributed by atoms with E-state index in [1.807, 2.05) is 78.6 Å². The maximum absolute atomic E-state index is 11.3. The molecule has 160 valence electrons. The quantitative estimate of drug-likeness (QED) is 0.289. The third-order valence-electron chi connectivity index (χ3n) is 1.54. The molecule has 0 N–H and O–H groups in total. The molecular formula is C12H36Li2O8P2Si4. The molecule has 28 heavy (non-hydrogen) atoms. The van der Waals surface area contributed by atoms with Crippen molar-refractivity contribution < 1.29 is 73.5 Å². The smallest absolute Gasteiger partial charge is 0.757 e. The van der Waals surface area contributed by atoms with Crippen molar-refractivity contribution in [1.29, 1.82) is 0 Å². The van der Waals surface area contributed by atoms with E-state index in [0.29, 0.717) is 0 Å². The molecule has 0 heterocycles. The molecule has 0 aliphatic carbocycles. The van der Waals surface area contributed by atoms with Crippen LogP contribution < -0.4 is 47.5 Å². The number of hydrogen-bond donors (Lipinski definition) is 0. The van der Waals surface area contributed by atoms with Gasteiger partial charge in [-0.2, -0.15) is 0 Å². The molecule has 0 atom stereocenters. The van der Waals surface area contributed by atoms with Gasteiger partial charge in [-0.3, -0.25) is 9.13 Å². The molecule has 0 saturated carbocycles. The molecule has 0 unspecified atom stereocenters. The van der Waals surface area contributed by atoms with Gasteiger partial charge in [0.1, 0.15) is 0 Å². The second-order valence-electron chi connectivity index (χ2n) is 9.71. The number of hydrogen-bond acceptors (Lipinski definition) is 8. The van der Waals surface area contributed by atoms with Crippen LogP contribution in [0.15, 0.2) is 0 Å². The van der Waals surface area contributed by atoms with Gasteiger partial charge < -0.3 is 26.6 Å². The average molecular weight is 497 g/mol. The monoisotopic (exact) mass is 496 g/mol. The van der Waals surface area contributed by atoms with Crippen molar-refractivity contribution in [1.82, 2.24) is 0 Å². The van der Waals surface area contributed by atoms with Crippen molar-refractivity contribution in [2.24, 2.45) is 0 Å². The standard InChI is InChI=1S/2C6H19O4PSi2.2Li/c2*1-12(2,3)9-11(7,8)10-13(4,5)6;;/h2*1-6H3,(H,7,8);;/q;;2*+1/p-2. The van der Waals surface area contributed by atoms with Crippen LogP contribution in [-0.4, -0.2) is 33.3 Å². The van der Waals surface area contributed by atoms with Gasteiger partial charge in [-0.1, -0.05) is 0 Å². The molecule has 0 saturated heterocycles. The Morgan fingerprint density at radius 1 is 0.464 bits per heavy atom. The largest absolute Gasteiger partial charge is 1.00 e. The minimum atomic E-state index is -4.06. The predicted octanol–water partition coefficient (Wildman–Crippen LogP) is -1.68. The van der Waals surface area contributed by atoms with Gasteiger partial charge in [0.2, 0.25) is 15.6 Å². The van der Waals surface area contributed by atoms with E-state index < -0.39 is 48.9 Å². The Morgan fingerprint density at radius 3 is 0.643 bits per heavy atom. The van der Waals surface area contributed by atoms with Gasteiger partial charge in [0.15, 0.2) is 33.3 Å². The molecule has 0 aliphatic rings. The maximum Gasteiger partial charge on any atom is 1.00 e. The Morgan fingerprint density at radius 2 is 0.571 bits per heavy atom. The summed E-state index contributed by atoms with van der Waals surface area (Å²) in [5, 5.41) is 0. The summed E-state index contributed by atoms with van der Waals surface area (Å²) in [4.78, 5) is 22.6. The van der Waals surface area contributed by atoms with Crippen molar-refractivity contribution in [2.75, 3.05) is 0 Å². The summed E-state index contributed by atoms with van der Waals surface area (Å²) in [6.45, 7) is 21.7. The molecule has 0 fully saturated rings. The summed E-state index contributed by atoms with van der Waals surface area (Å²) in [6, 6.07) is 0. The Hall–Kier alpha value is 2.28. The van der Waals surface area contributed by atoms with Crippen LogP contribution in [0.25, 0.3) is 0 Å². The van der Waals surface area contributed by atoms with E-state index in [0.717, 1.165) is 0 Å². The molecule has 0 amide bonds. The van der Waals surface area contributed by atoms with E-state index in [-0.39, 0.29) is 37.7 Å². The molecule has 16 heteroatoms. The molecule has 8 nitrogen and oxygen atoms in total. The van der Waals surface area contributed by atoms with Crippen LogP contribution in [0.2, 0.25) is 78.6 Å². The summed E-state index contributed by atoms with van der Waals surface area (Å²) in [5.74, 6) is 0. The summed E-state index contributed by atoms with van der Waals surface area (Å²) >= 11 is 0. The van der Waals surface area contributed by atoms with Crippen LogP contribution >= 0.6 is 15.6 Å². The first-order valence-electron chi connectivity index (χ1n) is 8.28. The van der Waals surface area contributed by atoms with E-state index in [2.05, 4.69) is 0 Å². The molecular weight excluding hydrogens is 460 g/mol. The average Bonchev–Trinajstić information content (AvgIpc) is 1.97. The first kappa shape index (κ1) is 37.6. The van der Waals surface area contributed by atoms with Crippen LogP contribution in [0, 0.1) is 0 Å². The molecule has 0 rings (SSSR count). The fourth-order valence-electron chi connectivity index (χ4n) is 1.38. The topological polar surface area (TPSA) is 117 Å². The van der Waals surface area contributed by atoms with Crippen LogP contribution in [0.1, 0.15) is 0 Å². The summed E-state index contributed by atoms with van der Waals surface area (Å²) < 4.78 is 42.4. The zero-order chi connectivity index (χ0) is 21.8. The van der Waals surface area contributed by atoms with Gasteiger partial charge >= 0.3 is 37.7 Å². The Bertz CT molecular complexity index is 454. The van der Waals surface area contributed by atoms with Crippen LogP contribution in [0.4, 0.5) is 0 Å². The Kier molecular flexibility index (Phi) is 17.6. The number of rotatable bonds is 8. The van der Waals surface area contributed by atoms with E-state index in [1.165, 1.54) is 0 Å². The fourth-order valence-corrected chi connectivity index (χ4v) is 13.1. The summed E-state index contributed by atoms with van der Waals surface area (Å²) in [6.07, 6.45) is 0. The van der Waals surface area contributed by atoms with Gasteiger partial charge in [-0.15, -0.1) is 0 Å². The van der Waals surface area contributed by atoms with Crippen LogP contribution in [0.3, 0.4) is 0 Å². The van der Waals surface area contributed by atoms with Gasteiger partial charge in [-0.25, -0.2) is 0 Å². The molecule has 0 aromatic heterocycles. The Labute approximate surface area is 200 Å². The van der Waals surface area contributed by atoms with Crippen LogP contribution in [0.5, 0.6) is 0 Å². The molecule has 0 aromatic rings. The molecule has 0 radical (unpaired) electrons. The summed E-state index contributed by atoms with van der Waals surface area (Å²) in [5.41, 5.74) is 0. The number of phosphoric acid groups is 2. The van der Waals surface area contributed by atoms with Gasteiger partial charge in [0.05, 0.1) is 0 Å². The summed E-state index contributed by atoms with van der Waals surface area (Å²) in [7, 11) is -16.4.